The molecule has 0 fully saturated rings. The number of carbonyl (C=O) groups excluding carboxylic acids is 6. The van der Waals surface area contributed by atoms with Gasteiger partial charge in [-0.25, -0.2) is 4.79 Å². The summed E-state index contributed by atoms with van der Waals surface area (Å²) in [4.78, 5) is 78.3. The quantitative estimate of drug-likeness (QED) is 0.143. The van der Waals surface area contributed by atoms with Crippen LogP contribution in [0.4, 0.5) is 0 Å². The number of fused-ring (bicyclic) bond motifs is 2. The van der Waals surface area contributed by atoms with Gasteiger partial charge in [0.25, 0.3) is 0 Å². The Morgan fingerprint density at radius 2 is 1.85 bits per heavy atom. The fraction of sp³-hybridized carbons (Fsp3) is 0.515. The molecule has 7 N–H and O–H groups in total. The Morgan fingerprint density at radius 3 is 2.46 bits per heavy atom. The minimum absolute atomic E-state index is 0.0717. The van der Waals surface area contributed by atoms with E-state index in [4.69, 9.17) is 4.74 Å². The van der Waals surface area contributed by atoms with Gasteiger partial charge in [-0.3, -0.25) is 24.0 Å². The number of phenolic OH excluding ortho intramolecular Hbond substituents is 1. The highest BCUT2D eigenvalue weighted by Crippen LogP contribution is 2.35. The van der Waals surface area contributed by atoms with Crippen molar-refractivity contribution in [3.63, 3.8) is 0 Å². The van der Waals surface area contributed by atoms with Crippen molar-refractivity contribution in [2.75, 3.05) is 46.9 Å². The van der Waals surface area contributed by atoms with Crippen LogP contribution in [0.1, 0.15) is 57.7 Å². The molecule has 15 heteroatoms. The molecule has 3 unspecified atom stereocenters. The second-order valence-corrected chi connectivity index (χ2v) is 11.5. The molecule has 0 saturated heterocycles. The molecule has 0 aromatic heterocycles. The standard InChI is InChI=1S/C33H48N6O9/c1-7-11-48-33(47)24-13-20(8-2)12-22(19(3)4)23-14-21(9-10-26(23)41)30(32(46)37-16-28(43)38-24)39(6)29(44)17-35-27(42)15-36-31(45)25(18-40)34-5/h8-10,12,14,19,24-25,30,34,40-41H,7,11,13,15-18H2,1-6H3,(H,35,42)(H,36,45)(H,37,46)(H,38,43). The van der Waals surface area contributed by atoms with Gasteiger partial charge in [-0.15, -0.1) is 0 Å². The maximum atomic E-state index is 13.6. The predicted molar refractivity (Wildman–Crippen MR) is 177 cm³/mol. The highest BCUT2D eigenvalue weighted by atomic mass is 16.5. The highest BCUT2D eigenvalue weighted by Gasteiger charge is 2.31. The largest absolute Gasteiger partial charge is 0.507 e. The molecule has 264 valence electrons. The first-order valence-electron chi connectivity index (χ1n) is 15.8. The first-order chi connectivity index (χ1) is 22.8. The number of amides is 5. The van der Waals surface area contributed by atoms with Crippen molar-refractivity contribution in [3.05, 3.63) is 47.1 Å². The third-order valence-electron chi connectivity index (χ3n) is 7.65. The molecule has 1 aromatic rings. The first-order valence-corrected chi connectivity index (χ1v) is 15.8. The Hall–Kier alpha value is -4.76. The molecule has 0 spiro atoms. The van der Waals surface area contributed by atoms with Crippen molar-refractivity contribution in [1.29, 1.82) is 0 Å². The number of phenols is 1. The second-order valence-electron chi connectivity index (χ2n) is 11.5. The third-order valence-corrected chi connectivity index (χ3v) is 7.65. The van der Waals surface area contributed by atoms with Crippen LogP contribution in [0.5, 0.6) is 5.75 Å². The van der Waals surface area contributed by atoms with Gasteiger partial charge < -0.3 is 46.4 Å². The Morgan fingerprint density at radius 1 is 1.15 bits per heavy atom. The van der Waals surface area contributed by atoms with Gasteiger partial charge >= 0.3 is 5.97 Å². The smallest absolute Gasteiger partial charge is 0.328 e. The van der Waals surface area contributed by atoms with Crippen molar-refractivity contribution >= 4 is 41.1 Å². The molecule has 2 rings (SSSR count). The number of likely N-dealkylation sites (N-methyl/N-ethyl adjacent to an activating group) is 2. The maximum absolute atomic E-state index is 13.6. The first kappa shape index (κ1) is 39.4. The number of aromatic hydroxyl groups is 1. The molecule has 1 aliphatic rings. The normalized spacial score (nSPS) is 18.5. The Balaban J connectivity index is 2.46. The lowest BCUT2D eigenvalue weighted by Gasteiger charge is -2.29. The topological polar surface area (TPSA) is 215 Å². The number of esters is 1. The molecule has 1 aromatic carbocycles. The molecule has 1 heterocycles. The van der Waals surface area contributed by atoms with Gasteiger partial charge in [-0.2, -0.15) is 0 Å². The number of hydrogen-bond acceptors (Lipinski definition) is 10. The van der Waals surface area contributed by atoms with E-state index in [2.05, 4.69) is 26.6 Å². The molecule has 0 radical (unpaired) electrons. The van der Waals surface area contributed by atoms with Crippen LogP contribution in [0.15, 0.2) is 35.9 Å². The van der Waals surface area contributed by atoms with Crippen molar-refractivity contribution in [3.8, 4) is 5.75 Å². The Kier molecular flexibility index (Phi) is 15.7. The number of hydrogen-bond donors (Lipinski definition) is 7. The molecule has 5 amide bonds. The monoisotopic (exact) mass is 672 g/mol. The van der Waals surface area contributed by atoms with E-state index < -0.39 is 79.9 Å². The number of aliphatic hydroxyl groups is 1. The fourth-order valence-electron chi connectivity index (χ4n) is 4.86. The van der Waals surface area contributed by atoms with Gasteiger partial charge in [0.15, 0.2) is 0 Å². The molecule has 0 saturated carbocycles. The lowest BCUT2D eigenvalue weighted by Crippen LogP contribution is -2.50. The van der Waals surface area contributed by atoms with Crippen LogP contribution in [0.25, 0.3) is 5.57 Å². The lowest BCUT2D eigenvalue weighted by molar-refractivity contribution is -0.147. The lowest BCUT2D eigenvalue weighted by atomic mass is 9.89. The molecule has 15 nitrogen and oxygen atoms in total. The minimum Gasteiger partial charge on any atom is -0.507 e. The van der Waals surface area contributed by atoms with Crippen molar-refractivity contribution in [2.45, 2.75) is 58.7 Å². The summed E-state index contributed by atoms with van der Waals surface area (Å²) < 4.78 is 5.32. The fourth-order valence-corrected chi connectivity index (χ4v) is 4.86. The summed E-state index contributed by atoms with van der Waals surface area (Å²) in [6.07, 6.45) is 4.30. The van der Waals surface area contributed by atoms with Gasteiger partial charge in [0.1, 0.15) is 23.9 Å². The summed E-state index contributed by atoms with van der Waals surface area (Å²) in [7, 11) is 2.83. The van der Waals surface area contributed by atoms with E-state index in [-0.39, 0.29) is 24.7 Å². The van der Waals surface area contributed by atoms with E-state index in [1.807, 2.05) is 26.8 Å². The summed E-state index contributed by atoms with van der Waals surface area (Å²) in [5.74, 6) is -4.20. The zero-order chi connectivity index (χ0) is 36.0. The number of nitrogens with one attached hydrogen (secondary N) is 5. The number of rotatable bonds is 12. The number of nitrogens with zero attached hydrogens (tertiary/aromatic N) is 1. The van der Waals surface area contributed by atoms with Gasteiger partial charge in [0.05, 0.1) is 32.8 Å². The van der Waals surface area contributed by atoms with Gasteiger partial charge in [0.2, 0.25) is 29.5 Å². The van der Waals surface area contributed by atoms with Crippen LogP contribution in [-0.4, -0.2) is 110 Å². The molecule has 0 aliphatic carbocycles. The van der Waals surface area contributed by atoms with E-state index in [0.717, 1.165) is 4.90 Å². The number of carbonyl (C=O) groups is 6. The average Bonchev–Trinajstić information content (AvgIpc) is 3.06. The number of ether oxygens (including phenoxy) is 1. The summed E-state index contributed by atoms with van der Waals surface area (Å²) in [6, 6.07) is 1.22. The second kappa shape index (κ2) is 19.2. The summed E-state index contributed by atoms with van der Waals surface area (Å²) in [6.45, 7) is 5.64. The summed E-state index contributed by atoms with van der Waals surface area (Å²) >= 11 is 0. The molecule has 2 bridgehead atoms. The molecule has 3 atom stereocenters. The van der Waals surface area contributed by atoms with Crippen LogP contribution >= 0.6 is 0 Å². The van der Waals surface area contributed by atoms with E-state index >= 15 is 0 Å². The van der Waals surface area contributed by atoms with E-state index in [9.17, 15) is 39.0 Å². The highest BCUT2D eigenvalue weighted by molar-refractivity contribution is 5.94. The average molecular weight is 673 g/mol. The number of aliphatic hydroxyl groups excluding tert-OH is 1. The maximum Gasteiger partial charge on any atom is 0.328 e. The van der Waals surface area contributed by atoms with Gasteiger partial charge in [-0.1, -0.05) is 39.0 Å². The molecular formula is C33H48N6O9. The third kappa shape index (κ3) is 11.2. The number of allylic oxidation sites excluding steroid dienone is 3. The number of benzene rings is 1. The van der Waals surface area contributed by atoms with Crippen LogP contribution in [0.2, 0.25) is 0 Å². The predicted octanol–water partition coefficient (Wildman–Crippen LogP) is -0.352. The van der Waals surface area contributed by atoms with Gasteiger partial charge in [0, 0.05) is 19.0 Å². The summed E-state index contributed by atoms with van der Waals surface area (Å²) in [5, 5.41) is 32.7. The van der Waals surface area contributed by atoms with Crippen LogP contribution in [0.3, 0.4) is 0 Å². The summed E-state index contributed by atoms with van der Waals surface area (Å²) in [5.41, 5.74) is 2.09. The zero-order valence-corrected chi connectivity index (χ0v) is 28.3. The van der Waals surface area contributed by atoms with Crippen LogP contribution < -0.4 is 26.6 Å². The van der Waals surface area contributed by atoms with E-state index in [1.165, 1.54) is 26.2 Å². The Labute approximate surface area is 280 Å². The van der Waals surface area contributed by atoms with Gasteiger partial charge in [-0.05, 0) is 55.2 Å². The SMILES string of the molecule is CC=C1C=C(C(C)C)c2cc(ccc2O)C(N(C)C(=O)CNC(=O)CNC(=O)C(CO)NC)C(=O)NCC(=O)NC(C(=O)OCCC)C1. The van der Waals surface area contributed by atoms with Crippen molar-refractivity contribution in [1.82, 2.24) is 31.5 Å². The minimum atomic E-state index is -1.30. The van der Waals surface area contributed by atoms with Crippen molar-refractivity contribution < 1.29 is 43.7 Å². The molecule has 48 heavy (non-hydrogen) atoms. The molecule has 1 aliphatic heterocycles. The van der Waals surface area contributed by atoms with Crippen molar-refractivity contribution in [2.24, 2.45) is 5.92 Å². The van der Waals surface area contributed by atoms with Crippen LogP contribution in [-0.2, 0) is 33.5 Å². The molecular weight excluding hydrogens is 624 g/mol. The van der Waals surface area contributed by atoms with Crippen LogP contribution in [0, 0.1) is 5.92 Å². The van der Waals surface area contributed by atoms with E-state index in [1.54, 1.807) is 19.1 Å². The zero-order valence-electron chi connectivity index (χ0n) is 28.3. The van der Waals surface area contributed by atoms with E-state index in [0.29, 0.717) is 28.7 Å². The Bertz CT molecular complexity index is 1400.